The summed E-state index contributed by atoms with van der Waals surface area (Å²) in [5.74, 6) is -0.981. The maximum absolute atomic E-state index is 13.3. The van der Waals surface area contributed by atoms with Gasteiger partial charge in [-0.15, -0.1) is 10.2 Å². The first-order valence-corrected chi connectivity index (χ1v) is 14.3. The summed E-state index contributed by atoms with van der Waals surface area (Å²) in [6, 6.07) is 22.8. The second-order valence-electron chi connectivity index (χ2n) is 11.4. The van der Waals surface area contributed by atoms with Crippen molar-refractivity contribution < 1.29 is 18.0 Å². The van der Waals surface area contributed by atoms with Gasteiger partial charge in [-0.2, -0.15) is 13.2 Å². The number of pyridine rings is 2. The zero-order chi connectivity index (χ0) is 31.3. The minimum atomic E-state index is -4.97. The van der Waals surface area contributed by atoms with Crippen molar-refractivity contribution in [1.82, 2.24) is 39.8 Å². The molecule has 1 saturated carbocycles. The Bertz CT molecular complexity index is 2020. The van der Waals surface area contributed by atoms with Gasteiger partial charge in [0.05, 0.1) is 16.7 Å². The predicted molar refractivity (Wildman–Crippen MR) is 163 cm³/mol. The number of hydrogen-bond donors (Lipinski definition) is 1. The minimum Gasteiger partial charge on any atom is -0.339 e. The molecule has 4 heterocycles. The van der Waals surface area contributed by atoms with Gasteiger partial charge in [0.25, 0.3) is 0 Å². The van der Waals surface area contributed by atoms with E-state index in [-0.39, 0.29) is 6.04 Å². The highest BCUT2D eigenvalue weighted by Crippen LogP contribution is 2.45. The van der Waals surface area contributed by atoms with E-state index >= 15 is 0 Å². The molecule has 9 nitrogen and oxygen atoms in total. The maximum atomic E-state index is 13.3. The van der Waals surface area contributed by atoms with Crippen molar-refractivity contribution >= 4 is 22.5 Å². The van der Waals surface area contributed by atoms with Crippen molar-refractivity contribution in [3.63, 3.8) is 0 Å². The first-order chi connectivity index (χ1) is 21.6. The van der Waals surface area contributed by atoms with Gasteiger partial charge in [-0.3, -0.25) is 9.20 Å². The van der Waals surface area contributed by atoms with E-state index < -0.39 is 17.6 Å². The number of fused-ring (bicyclic) bond motifs is 3. The summed E-state index contributed by atoms with van der Waals surface area (Å²) >= 11 is 0. The fraction of sp³-hybridized carbons (Fsp3) is 0.212. The summed E-state index contributed by atoms with van der Waals surface area (Å²) in [4.78, 5) is 27.7. The number of halogens is 3. The summed E-state index contributed by atoms with van der Waals surface area (Å²) in [6.07, 6.45) is 0.893. The number of alkyl halides is 3. The van der Waals surface area contributed by atoms with Crippen LogP contribution in [-0.4, -0.2) is 66.7 Å². The first kappa shape index (κ1) is 28.5. The van der Waals surface area contributed by atoms with Gasteiger partial charge < -0.3 is 10.2 Å². The number of benzene rings is 2. The number of nitrogens with zero attached hydrogens (tertiary/aromatic N) is 7. The van der Waals surface area contributed by atoms with Gasteiger partial charge in [-0.05, 0) is 56.3 Å². The van der Waals surface area contributed by atoms with Crippen molar-refractivity contribution in [2.24, 2.45) is 0 Å². The molecule has 226 valence electrons. The number of hydrogen-bond acceptors (Lipinski definition) is 7. The van der Waals surface area contributed by atoms with Crippen LogP contribution in [0.1, 0.15) is 18.4 Å². The average molecular weight is 609 g/mol. The minimum absolute atomic E-state index is 0.0491. The third kappa shape index (κ3) is 5.06. The molecule has 0 spiro atoms. The predicted octanol–water partition coefficient (Wildman–Crippen LogP) is 5.67. The third-order valence-electron chi connectivity index (χ3n) is 8.44. The lowest BCUT2D eigenvalue weighted by Crippen LogP contribution is -2.62. The van der Waals surface area contributed by atoms with Crippen LogP contribution in [0.25, 0.3) is 50.6 Å². The number of aromatic nitrogens is 6. The normalized spacial score (nSPS) is 18.3. The van der Waals surface area contributed by atoms with Gasteiger partial charge >= 0.3 is 12.1 Å². The SMILES string of the molecule is CN(C)C1CC(NC(=O)C(F)(F)F)(c2ccc(-c3nc4ccn5c(-c6ncccn6)nnc5c4cc3-c3ccccc3)cc2)C1. The number of amides is 1. The van der Waals surface area contributed by atoms with Crippen LogP contribution in [0.5, 0.6) is 0 Å². The molecule has 2 aromatic carbocycles. The van der Waals surface area contributed by atoms with Crippen LogP contribution in [0.2, 0.25) is 0 Å². The zero-order valence-electron chi connectivity index (χ0n) is 24.3. The Morgan fingerprint density at radius 3 is 2.31 bits per heavy atom. The van der Waals surface area contributed by atoms with Crippen molar-refractivity contribution in [2.45, 2.75) is 30.6 Å². The van der Waals surface area contributed by atoms with Crippen LogP contribution in [0.15, 0.2) is 91.4 Å². The number of rotatable bonds is 6. The third-order valence-corrected chi connectivity index (χ3v) is 8.44. The van der Waals surface area contributed by atoms with Crippen LogP contribution in [0.3, 0.4) is 0 Å². The van der Waals surface area contributed by atoms with E-state index in [1.165, 1.54) is 0 Å². The van der Waals surface area contributed by atoms with E-state index in [0.717, 1.165) is 22.1 Å². The fourth-order valence-corrected chi connectivity index (χ4v) is 5.97. The largest absolute Gasteiger partial charge is 0.471 e. The molecule has 12 heteroatoms. The van der Waals surface area contributed by atoms with Gasteiger partial charge in [0.15, 0.2) is 11.5 Å². The molecule has 4 aromatic heterocycles. The molecule has 1 amide bonds. The van der Waals surface area contributed by atoms with E-state index in [1.54, 1.807) is 30.6 Å². The molecule has 0 saturated heterocycles. The molecule has 0 radical (unpaired) electrons. The highest BCUT2D eigenvalue weighted by atomic mass is 19.4. The molecule has 1 aliphatic rings. The van der Waals surface area contributed by atoms with Crippen LogP contribution < -0.4 is 5.32 Å². The lowest BCUT2D eigenvalue weighted by atomic mass is 9.67. The topological polar surface area (TPSA) is 101 Å². The molecule has 0 bridgehead atoms. The smallest absolute Gasteiger partial charge is 0.339 e. The van der Waals surface area contributed by atoms with Gasteiger partial charge in [-0.1, -0.05) is 54.6 Å². The number of carbonyl (C=O) groups is 1. The van der Waals surface area contributed by atoms with Crippen LogP contribution in [-0.2, 0) is 10.3 Å². The van der Waals surface area contributed by atoms with Crippen molar-refractivity contribution in [3.05, 3.63) is 97.0 Å². The van der Waals surface area contributed by atoms with Crippen molar-refractivity contribution in [3.8, 4) is 34.0 Å². The van der Waals surface area contributed by atoms with E-state index in [0.29, 0.717) is 46.9 Å². The Kier molecular flexibility index (Phi) is 6.81. The Hall–Kier alpha value is -5.23. The standard InChI is InChI=1S/C33H27F3N8O/c1-43(2)23-18-32(19-23,40-31(45)33(34,35)36)22-11-9-21(10-12-22)27-24(20-7-4-3-5-8-20)17-25-26(39-27)13-16-44-29(25)41-42-30(44)28-37-14-6-15-38-28/h3-17,23H,18-19H2,1-2H3,(H,40,45). The van der Waals surface area contributed by atoms with E-state index in [1.807, 2.05) is 84.2 Å². The number of nitrogens with one attached hydrogen (secondary N) is 1. The highest BCUT2D eigenvalue weighted by Gasteiger charge is 2.51. The van der Waals surface area contributed by atoms with Gasteiger partial charge in [-0.25, -0.2) is 15.0 Å². The van der Waals surface area contributed by atoms with Crippen LogP contribution in [0.4, 0.5) is 13.2 Å². The molecule has 45 heavy (non-hydrogen) atoms. The molecule has 7 rings (SSSR count). The Labute approximate surface area is 255 Å². The molecule has 6 aromatic rings. The van der Waals surface area contributed by atoms with E-state index in [4.69, 9.17) is 4.98 Å². The molecule has 1 aliphatic carbocycles. The summed E-state index contributed by atoms with van der Waals surface area (Å²) in [6.45, 7) is 0. The second kappa shape index (κ2) is 10.7. The Morgan fingerprint density at radius 1 is 0.933 bits per heavy atom. The Balaban J connectivity index is 1.32. The van der Waals surface area contributed by atoms with Crippen molar-refractivity contribution in [1.29, 1.82) is 0 Å². The molecule has 0 aliphatic heterocycles. The molecular formula is C33H27F3N8O. The maximum Gasteiger partial charge on any atom is 0.471 e. The average Bonchev–Trinajstić information content (AvgIpc) is 3.47. The summed E-state index contributed by atoms with van der Waals surface area (Å²) in [7, 11) is 3.76. The van der Waals surface area contributed by atoms with Gasteiger partial charge in [0, 0.05) is 41.1 Å². The lowest BCUT2D eigenvalue weighted by Gasteiger charge is -2.51. The molecule has 1 fully saturated rings. The van der Waals surface area contributed by atoms with Crippen molar-refractivity contribution in [2.75, 3.05) is 14.1 Å². The Morgan fingerprint density at radius 2 is 1.64 bits per heavy atom. The molecule has 0 unspecified atom stereocenters. The number of carbonyl (C=O) groups excluding carboxylic acids is 1. The van der Waals surface area contributed by atoms with E-state index in [9.17, 15) is 18.0 Å². The second-order valence-corrected chi connectivity index (χ2v) is 11.4. The summed E-state index contributed by atoms with van der Waals surface area (Å²) in [5.41, 5.74) is 4.05. The van der Waals surface area contributed by atoms with Crippen LogP contribution in [0, 0.1) is 0 Å². The van der Waals surface area contributed by atoms with Crippen LogP contribution >= 0.6 is 0 Å². The summed E-state index contributed by atoms with van der Waals surface area (Å²) < 4.78 is 41.6. The molecular weight excluding hydrogens is 581 g/mol. The van der Waals surface area contributed by atoms with Gasteiger partial charge in [0.2, 0.25) is 5.82 Å². The quantitative estimate of drug-likeness (QED) is 0.260. The summed E-state index contributed by atoms with van der Waals surface area (Å²) in [5, 5.41) is 11.9. The first-order valence-electron chi connectivity index (χ1n) is 14.3. The van der Waals surface area contributed by atoms with E-state index in [2.05, 4.69) is 25.5 Å². The lowest BCUT2D eigenvalue weighted by molar-refractivity contribution is -0.177. The monoisotopic (exact) mass is 608 g/mol. The molecule has 0 atom stereocenters. The zero-order valence-corrected chi connectivity index (χ0v) is 24.3. The fourth-order valence-electron chi connectivity index (χ4n) is 5.97. The van der Waals surface area contributed by atoms with Gasteiger partial charge in [0.1, 0.15) is 0 Å². The highest BCUT2D eigenvalue weighted by molar-refractivity contribution is 5.98. The molecule has 1 N–H and O–H groups in total.